The van der Waals surface area contributed by atoms with Crippen molar-refractivity contribution < 1.29 is 9.52 Å². The number of nitrogens with zero attached hydrogens (tertiary/aromatic N) is 1. The van der Waals surface area contributed by atoms with Gasteiger partial charge in [0, 0.05) is 11.9 Å². The summed E-state index contributed by atoms with van der Waals surface area (Å²) in [4.78, 5) is 2.23. The summed E-state index contributed by atoms with van der Waals surface area (Å²) in [5.41, 5.74) is 0.535. The minimum atomic E-state index is -0.415. The van der Waals surface area contributed by atoms with E-state index in [4.69, 9.17) is 4.42 Å². The first kappa shape index (κ1) is 13.7. The van der Waals surface area contributed by atoms with Crippen LogP contribution in [0.1, 0.15) is 37.9 Å². The predicted octanol–water partition coefficient (Wildman–Crippen LogP) is 3.56. The fourth-order valence-electron chi connectivity index (χ4n) is 3.14. The van der Waals surface area contributed by atoms with E-state index in [1.807, 2.05) is 18.2 Å². The molecule has 1 heterocycles. The van der Waals surface area contributed by atoms with E-state index < -0.39 is 5.60 Å². The molecule has 0 bridgehead atoms. The van der Waals surface area contributed by atoms with Gasteiger partial charge in [-0.2, -0.15) is 0 Å². The Morgan fingerprint density at radius 2 is 2.00 bits per heavy atom. The fourth-order valence-corrected chi connectivity index (χ4v) is 3.14. The smallest absolute Gasteiger partial charge is 0.134 e. The van der Waals surface area contributed by atoms with Crippen molar-refractivity contribution in [3.8, 4) is 0 Å². The molecular weight excluding hydrogens is 250 g/mol. The summed E-state index contributed by atoms with van der Waals surface area (Å²) in [6, 6.07) is 10.2. The van der Waals surface area contributed by atoms with Gasteiger partial charge in [0.25, 0.3) is 0 Å². The second kappa shape index (κ2) is 5.58. The number of benzene rings is 1. The van der Waals surface area contributed by atoms with Crippen LogP contribution >= 0.6 is 0 Å². The van der Waals surface area contributed by atoms with Crippen molar-refractivity contribution in [1.82, 2.24) is 4.90 Å². The molecule has 20 heavy (non-hydrogen) atoms. The van der Waals surface area contributed by atoms with Crippen LogP contribution in [-0.4, -0.2) is 29.2 Å². The monoisotopic (exact) mass is 273 g/mol. The molecular formula is C17H23NO2. The molecule has 108 valence electrons. The zero-order valence-electron chi connectivity index (χ0n) is 12.1. The second-order valence-corrected chi connectivity index (χ2v) is 6.17. The maximum Gasteiger partial charge on any atom is 0.134 e. The van der Waals surface area contributed by atoms with Crippen LogP contribution in [0, 0.1) is 0 Å². The van der Waals surface area contributed by atoms with Gasteiger partial charge in [-0.1, -0.05) is 31.0 Å². The molecule has 0 aliphatic heterocycles. The zero-order valence-corrected chi connectivity index (χ0v) is 12.1. The Morgan fingerprint density at radius 3 is 2.75 bits per heavy atom. The largest absolute Gasteiger partial charge is 0.460 e. The molecule has 1 aromatic carbocycles. The lowest BCUT2D eigenvalue weighted by molar-refractivity contribution is 0.0293. The average Bonchev–Trinajstić information content (AvgIpc) is 3.03. The Labute approximate surface area is 120 Å². The zero-order chi connectivity index (χ0) is 14.0. The van der Waals surface area contributed by atoms with Gasteiger partial charge >= 0.3 is 0 Å². The molecule has 0 atom stereocenters. The Bertz CT molecular complexity index is 536. The minimum absolute atomic E-state index is 0.415. The highest BCUT2D eigenvalue weighted by molar-refractivity contribution is 5.77. The van der Waals surface area contributed by atoms with Gasteiger partial charge in [0.2, 0.25) is 0 Å². The summed E-state index contributed by atoms with van der Waals surface area (Å²) in [6.07, 6.45) is 5.13. The van der Waals surface area contributed by atoms with Gasteiger partial charge in [0.15, 0.2) is 0 Å². The number of aliphatic hydroxyl groups is 1. The van der Waals surface area contributed by atoms with Gasteiger partial charge in [-0.15, -0.1) is 0 Å². The average molecular weight is 273 g/mol. The van der Waals surface area contributed by atoms with Crippen LogP contribution in [0.4, 0.5) is 0 Å². The predicted molar refractivity (Wildman–Crippen MR) is 80.6 cm³/mol. The van der Waals surface area contributed by atoms with E-state index in [1.165, 1.54) is 12.8 Å². The van der Waals surface area contributed by atoms with Crippen LogP contribution in [0.5, 0.6) is 0 Å². The van der Waals surface area contributed by atoms with Crippen molar-refractivity contribution in [3.63, 3.8) is 0 Å². The molecule has 0 saturated heterocycles. The lowest BCUT2D eigenvalue weighted by atomic mass is 9.98. The third-order valence-electron chi connectivity index (χ3n) is 4.40. The fraction of sp³-hybridized carbons (Fsp3) is 0.529. The van der Waals surface area contributed by atoms with Crippen LogP contribution < -0.4 is 0 Å². The molecule has 3 heteroatoms. The highest BCUT2D eigenvalue weighted by Gasteiger charge is 2.30. The first-order valence-corrected chi connectivity index (χ1v) is 7.53. The third-order valence-corrected chi connectivity index (χ3v) is 4.40. The number of para-hydroxylation sites is 1. The Kier molecular flexibility index (Phi) is 3.81. The van der Waals surface area contributed by atoms with Crippen molar-refractivity contribution >= 4 is 11.0 Å². The summed E-state index contributed by atoms with van der Waals surface area (Å²) in [7, 11) is 2.09. The molecule has 3 rings (SSSR count). The van der Waals surface area contributed by atoms with Crippen LogP contribution in [0.15, 0.2) is 34.7 Å². The Hall–Kier alpha value is -1.32. The lowest BCUT2D eigenvalue weighted by Crippen LogP contribution is -2.30. The summed E-state index contributed by atoms with van der Waals surface area (Å²) in [5, 5.41) is 11.5. The number of rotatable bonds is 5. The molecule has 1 fully saturated rings. The third kappa shape index (κ3) is 3.05. The first-order chi connectivity index (χ1) is 9.65. The normalized spacial score (nSPS) is 18.1. The van der Waals surface area contributed by atoms with Crippen LogP contribution in [0.25, 0.3) is 11.0 Å². The van der Waals surface area contributed by atoms with Gasteiger partial charge in [-0.3, -0.25) is 4.90 Å². The van der Waals surface area contributed by atoms with E-state index in [9.17, 15) is 5.11 Å². The van der Waals surface area contributed by atoms with Gasteiger partial charge < -0.3 is 9.52 Å². The number of hydrogen-bond donors (Lipinski definition) is 1. The van der Waals surface area contributed by atoms with E-state index >= 15 is 0 Å². The molecule has 1 aromatic heterocycles. The maximum absolute atomic E-state index is 10.4. The number of hydrogen-bond acceptors (Lipinski definition) is 3. The van der Waals surface area contributed by atoms with Gasteiger partial charge in [0.05, 0.1) is 12.1 Å². The minimum Gasteiger partial charge on any atom is -0.460 e. The molecule has 3 nitrogen and oxygen atoms in total. The van der Waals surface area contributed by atoms with Gasteiger partial charge in [-0.25, -0.2) is 0 Å². The van der Waals surface area contributed by atoms with Gasteiger partial charge in [0.1, 0.15) is 11.3 Å². The molecule has 1 aliphatic carbocycles. The summed E-state index contributed by atoms with van der Waals surface area (Å²) >= 11 is 0. The van der Waals surface area contributed by atoms with Crippen LogP contribution in [-0.2, 0) is 6.54 Å². The number of fused-ring (bicyclic) bond motifs is 1. The molecule has 0 radical (unpaired) electrons. The molecule has 1 N–H and O–H groups in total. The topological polar surface area (TPSA) is 36.6 Å². The van der Waals surface area contributed by atoms with Crippen molar-refractivity contribution in [2.45, 2.75) is 44.2 Å². The molecule has 0 spiro atoms. The lowest BCUT2D eigenvalue weighted by Gasteiger charge is -2.25. The molecule has 2 aromatic rings. The summed E-state index contributed by atoms with van der Waals surface area (Å²) in [5.74, 6) is 0.993. The molecule has 0 unspecified atom stereocenters. The van der Waals surface area contributed by atoms with Crippen molar-refractivity contribution in [3.05, 3.63) is 36.1 Å². The number of furan rings is 1. The second-order valence-electron chi connectivity index (χ2n) is 6.17. The highest BCUT2D eigenvalue weighted by Crippen LogP contribution is 2.32. The standard InChI is InChI=1S/C17H23NO2/c1-18(11-10-17(19)8-4-5-9-17)13-15-12-14-6-2-3-7-16(14)20-15/h2-3,6-7,12,19H,4-5,8-11,13H2,1H3. The quantitative estimate of drug-likeness (QED) is 0.905. The van der Waals surface area contributed by atoms with Crippen molar-refractivity contribution in [2.24, 2.45) is 0 Å². The Morgan fingerprint density at radius 1 is 1.25 bits per heavy atom. The van der Waals surface area contributed by atoms with E-state index in [0.717, 1.165) is 49.1 Å². The SMILES string of the molecule is CN(CCC1(O)CCCC1)Cc1cc2ccccc2o1. The maximum atomic E-state index is 10.4. The van der Waals surface area contributed by atoms with E-state index in [1.54, 1.807) is 0 Å². The summed E-state index contributed by atoms with van der Waals surface area (Å²) < 4.78 is 5.83. The van der Waals surface area contributed by atoms with E-state index in [0.29, 0.717) is 0 Å². The molecule has 0 amide bonds. The summed E-state index contributed by atoms with van der Waals surface area (Å²) in [6.45, 7) is 1.71. The highest BCUT2D eigenvalue weighted by atomic mass is 16.3. The first-order valence-electron chi connectivity index (χ1n) is 7.53. The van der Waals surface area contributed by atoms with E-state index in [-0.39, 0.29) is 0 Å². The van der Waals surface area contributed by atoms with E-state index in [2.05, 4.69) is 24.1 Å². The molecule has 1 aliphatic rings. The van der Waals surface area contributed by atoms with Crippen LogP contribution in [0.3, 0.4) is 0 Å². The van der Waals surface area contributed by atoms with Gasteiger partial charge in [-0.05, 0) is 38.4 Å². The van der Waals surface area contributed by atoms with Crippen molar-refractivity contribution in [1.29, 1.82) is 0 Å². The van der Waals surface area contributed by atoms with Crippen molar-refractivity contribution in [2.75, 3.05) is 13.6 Å². The Balaban J connectivity index is 1.56. The molecule has 1 saturated carbocycles. The van der Waals surface area contributed by atoms with Crippen LogP contribution in [0.2, 0.25) is 0 Å².